The number of cyclic esters (lactones) is 1. The topological polar surface area (TPSA) is 55.7 Å². The van der Waals surface area contributed by atoms with Crippen LogP contribution in [0.15, 0.2) is 38.9 Å². The van der Waals surface area contributed by atoms with Gasteiger partial charge < -0.3 is 4.74 Å². The molecule has 0 bridgehead atoms. The van der Waals surface area contributed by atoms with Crippen LogP contribution < -0.4 is 0 Å². The van der Waals surface area contributed by atoms with E-state index in [1.807, 2.05) is 25.1 Å². The molecule has 4 rings (SSSR count). The highest BCUT2D eigenvalue weighted by molar-refractivity contribution is 9.10. The van der Waals surface area contributed by atoms with Crippen LogP contribution in [0.2, 0.25) is 0 Å². The summed E-state index contributed by atoms with van der Waals surface area (Å²) in [6.07, 6.45) is 1.21. The van der Waals surface area contributed by atoms with Crippen molar-refractivity contribution in [1.82, 2.24) is 0 Å². The predicted molar refractivity (Wildman–Crippen MR) is 84.8 cm³/mol. The number of aryl methyl sites for hydroxylation is 1. The van der Waals surface area contributed by atoms with Crippen LogP contribution in [-0.2, 0) is 14.3 Å². The number of carbonyl (C=O) groups is 2. The van der Waals surface area contributed by atoms with E-state index in [-0.39, 0.29) is 30.2 Å². The first-order valence-corrected chi connectivity index (χ1v) is 8.12. The van der Waals surface area contributed by atoms with Crippen molar-refractivity contribution in [2.45, 2.75) is 25.7 Å². The normalized spacial score (nSPS) is 26.7. The number of benzene rings is 1. The molecule has 0 aromatic heterocycles. The third-order valence-corrected chi connectivity index (χ3v) is 5.54. The number of aliphatic imine (C=N–C) groups is 1. The number of rotatable bonds is 1. The van der Waals surface area contributed by atoms with Gasteiger partial charge in [-0.05, 0) is 30.5 Å². The fourth-order valence-corrected chi connectivity index (χ4v) is 3.96. The number of carbonyl (C=O) groups excluding carboxylic acids is 2. The Morgan fingerprint density at radius 1 is 1.23 bits per heavy atom. The van der Waals surface area contributed by atoms with Crippen LogP contribution in [0.3, 0.4) is 0 Å². The monoisotopic (exact) mass is 359 g/mol. The van der Waals surface area contributed by atoms with Crippen molar-refractivity contribution >= 4 is 33.4 Å². The van der Waals surface area contributed by atoms with Crippen molar-refractivity contribution in [3.63, 3.8) is 0 Å². The third kappa shape index (κ3) is 1.92. The molecule has 1 aliphatic carbocycles. The van der Waals surface area contributed by atoms with Crippen molar-refractivity contribution < 1.29 is 14.3 Å². The van der Waals surface area contributed by atoms with Crippen LogP contribution >= 0.6 is 15.9 Å². The van der Waals surface area contributed by atoms with Crippen LogP contribution in [0.4, 0.5) is 0 Å². The van der Waals surface area contributed by atoms with E-state index in [4.69, 9.17) is 4.74 Å². The van der Waals surface area contributed by atoms with Gasteiger partial charge in [-0.2, -0.15) is 0 Å². The molecule has 1 fully saturated rings. The molecule has 1 aromatic carbocycles. The van der Waals surface area contributed by atoms with Gasteiger partial charge in [0.2, 0.25) is 0 Å². The number of ether oxygens (including phenoxy) is 1. The molecular weight excluding hydrogens is 346 g/mol. The molecule has 0 N–H and O–H groups in total. The van der Waals surface area contributed by atoms with Gasteiger partial charge >= 0.3 is 5.97 Å². The molecule has 0 amide bonds. The quantitative estimate of drug-likeness (QED) is 0.724. The van der Waals surface area contributed by atoms with Gasteiger partial charge in [-0.3, -0.25) is 9.79 Å². The minimum absolute atomic E-state index is 0.173. The molecule has 112 valence electrons. The lowest BCUT2D eigenvalue weighted by molar-refractivity contribution is -0.136. The zero-order valence-electron chi connectivity index (χ0n) is 12.1. The van der Waals surface area contributed by atoms with Gasteiger partial charge in [0.1, 0.15) is 12.4 Å². The van der Waals surface area contributed by atoms with Gasteiger partial charge in [0.05, 0.1) is 17.2 Å². The maximum absolute atomic E-state index is 12.4. The van der Waals surface area contributed by atoms with Gasteiger partial charge in [-0.25, -0.2) is 4.79 Å². The van der Waals surface area contributed by atoms with E-state index in [2.05, 4.69) is 20.9 Å². The summed E-state index contributed by atoms with van der Waals surface area (Å²) >= 11 is 3.54. The summed E-state index contributed by atoms with van der Waals surface area (Å²) in [5, 5.41) is 0. The molecule has 0 saturated heterocycles. The van der Waals surface area contributed by atoms with Gasteiger partial charge in [0.25, 0.3) is 0 Å². The van der Waals surface area contributed by atoms with E-state index >= 15 is 0 Å². The summed E-state index contributed by atoms with van der Waals surface area (Å²) in [4.78, 5) is 29.1. The second-order valence-electron chi connectivity index (χ2n) is 5.97. The minimum Gasteiger partial charge on any atom is -0.456 e. The number of halogens is 1. The Hall–Kier alpha value is -1.75. The molecular formula is C17H14BrNO3. The molecule has 4 nitrogen and oxygen atoms in total. The molecule has 0 spiro atoms. The molecule has 1 saturated carbocycles. The number of nitrogens with zero attached hydrogens (tertiary/aromatic N) is 1. The van der Waals surface area contributed by atoms with Crippen LogP contribution in [0.1, 0.15) is 29.9 Å². The van der Waals surface area contributed by atoms with Crippen molar-refractivity contribution in [2.24, 2.45) is 10.9 Å². The standard InChI is InChI=1S/C17H14BrNO3/c1-8-2-3-9(6-10(8)18)14-15-11(4-5-13(15)20)19-12-7-22-17(21)16(12)14/h2-3,6,14-15H,4-5,7H2,1H3. The van der Waals surface area contributed by atoms with Crippen LogP contribution in [0.25, 0.3) is 0 Å². The molecule has 1 aromatic rings. The summed E-state index contributed by atoms with van der Waals surface area (Å²) in [5.41, 5.74) is 4.27. The first kappa shape index (κ1) is 13.9. The number of Topliss-reactive ketones (excluding diaryl/α,β-unsaturated/α-hetero) is 1. The van der Waals surface area contributed by atoms with Gasteiger partial charge in [-0.1, -0.05) is 28.1 Å². The fourth-order valence-electron chi connectivity index (χ4n) is 3.56. The van der Waals surface area contributed by atoms with Crippen molar-refractivity contribution in [2.75, 3.05) is 6.61 Å². The molecule has 2 atom stereocenters. The predicted octanol–water partition coefficient (Wildman–Crippen LogP) is 3.09. The smallest absolute Gasteiger partial charge is 0.337 e. The Morgan fingerprint density at radius 2 is 2.05 bits per heavy atom. The molecule has 2 heterocycles. The Labute approximate surface area is 136 Å². The van der Waals surface area contributed by atoms with E-state index in [1.165, 1.54) is 0 Å². The average Bonchev–Trinajstić information content (AvgIpc) is 3.05. The Balaban J connectivity index is 1.90. The van der Waals surface area contributed by atoms with Gasteiger partial charge in [-0.15, -0.1) is 0 Å². The first-order chi connectivity index (χ1) is 10.6. The van der Waals surface area contributed by atoms with Crippen molar-refractivity contribution in [3.05, 3.63) is 45.1 Å². The summed E-state index contributed by atoms with van der Waals surface area (Å²) in [6, 6.07) is 6.01. The molecule has 5 heteroatoms. The number of hydrogen-bond donors (Lipinski definition) is 0. The summed E-state index contributed by atoms with van der Waals surface area (Å²) < 4.78 is 6.14. The lowest BCUT2D eigenvalue weighted by atomic mass is 9.76. The maximum Gasteiger partial charge on any atom is 0.337 e. The maximum atomic E-state index is 12.4. The SMILES string of the molecule is Cc1ccc(C2C3=C(COC3=O)N=C3CCC(=O)C32)cc1Br. The van der Waals surface area contributed by atoms with E-state index < -0.39 is 0 Å². The lowest BCUT2D eigenvalue weighted by Crippen LogP contribution is -2.29. The Kier molecular flexibility index (Phi) is 3.08. The average molecular weight is 360 g/mol. The number of hydrogen-bond acceptors (Lipinski definition) is 4. The van der Waals surface area contributed by atoms with Crippen molar-refractivity contribution in [3.8, 4) is 0 Å². The van der Waals surface area contributed by atoms with E-state index in [9.17, 15) is 9.59 Å². The summed E-state index contributed by atoms with van der Waals surface area (Å²) in [5.74, 6) is -0.727. The van der Waals surface area contributed by atoms with Crippen LogP contribution in [-0.4, -0.2) is 24.1 Å². The minimum atomic E-state index is -0.334. The van der Waals surface area contributed by atoms with E-state index in [0.717, 1.165) is 21.3 Å². The lowest BCUT2D eigenvalue weighted by Gasteiger charge is -2.27. The Morgan fingerprint density at radius 3 is 2.82 bits per heavy atom. The molecule has 2 aliphatic heterocycles. The highest BCUT2D eigenvalue weighted by Crippen LogP contribution is 2.46. The second kappa shape index (κ2) is 4.88. The second-order valence-corrected chi connectivity index (χ2v) is 6.82. The van der Waals surface area contributed by atoms with Crippen molar-refractivity contribution in [1.29, 1.82) is 0 Å². The zero-order valence-corrected chi connectivity index (χ0v) is 13.6. The van der Waals surface area contributed by atoms with E-state index in [0.29, 0.717) is 24.1 Å². The number of esters is 1. The van der Waals surface area contributed by atoms with Gasteiger partial charge in [0.15, 0.2) is 0 Å². The Bertz CT molecular complexity index is 778. The highest BCUT2D eigenvalue weighted by atomic mass is 79.9. The van der Waals surface area contributed by atoms with Crippen LogP contribution in [0.5, 0.6) is 0 Å². The van der Waals surface area contributed by atoms with Crippen LogP contribution in [0, 0.1) is 12.8 Å². The van der Waals surface area contributed by atoms with Gasteiger partial charge in [0, 0.05) is 22.5 Å². The molecule has 3 aliphatic rings. The number of ketones is 1. The zero-order chi connectivity index (χ0) is 15.4. The molecule has 0 radical (unpaired) electrons. The largest absolute Gasteiger partial charge is 0.456 e. The molecule has 2 unspecified atom stereocenters. The molecule has 22 heavy (non-hydrogen) atoms. The fraction of sp³-hybridized carbons (Fsp3) is 0.353. The van der Waals surface area contributed by atoms with E-state index in [1.54, 1.807) is 0 Å². The highest BCUT2D eigenvalue weighted by Gasteiger charge is 2.47. The third-order valence-electron chi connectivity index (χ3n) is 4.68. The number of fused-ring (bicyclic) bond motifs is 1. The summed E-state index contributed by atoms with van der Waals surface area (Å²) in [6.45, 7) is 2.24. The summed E-state index contributed by atoms with van der Waals surface area (Å²) in [7, 11) is 0. The first-order valence-electron chi connectivity index (χ1n) is 7.32.